The molecule has 1 heterocycles. The summed E-state index contributed by atoms with van der Waals surface area (Å²) in [7, 11) is 4.73. The van der Waals surface area contributed by atoms with Gasteiger partial charge in [0.2, 0.25) is 5.91 Å². The van der Waals surface area contributed by atoms with Gasteiger partial charge in [0.25, 0.3) is 0 Å². The summed E-state index contributed by atoms with van der Waals surface area (Å²) in [6.07, 6.45) is 0.315. The lowest BCUT2D eigenvalue weighted by Gasteiger charge is -2.14. The van der Waals surface area contributed by atoms with Gasteiger partial charge in [0.1, 0.15) is 5.75 Å². The molecule has 1 amide bonds. The first-order valence-electron chi connectivity index (χ1n) is 10.2. The summed E-state index contributed by atoms with van der Waals surface area (Å²) in [4.78, 5) is 23.0. The molecule has 2 N–H and O–H groups in total. The van der Waals surface area contributed by atoms with E-state index in [9.17, 15) is 9.59 Å². The molecule has 0 atom stereocenters. The monoisotopic (exact) mass is 470 g/mol. The minimum absolute atomic E-state index is 0.0563. The first-order valence-corrected chi connectivity index (χ1v) is 11.1. The number of amides is 1. The second-order valence-corrected chi connectivity index (χ2v) is 7.95. The second kappa shape index (κ2) is 10.8. The smallest absolute Gasteiger partial charge is 0.303 e. The van der Waals surface area contributed by atoms with E-state index in [-0.39, 0.29) is 25.2 Å². The van der Waals surface area contributed by atoms with E-state index in [0.29, 0.717) is 22.9 Å². The van der Waals surface area contributed by atoms with Crippen molar-refractivity contribution in [2.24, 2.45) is 0 Å². The summed E-state index contributed by atoms with van der Waals surface area (Å²) in [6.45, 7) is 1.95. The van der Waals surface area contributed by atoms with Crippen LogP contribution in [0.2, 0.25) is 0 Å². The standard InChI is InChI=1S/C24H26N2O6S/c1-14-10-16(12-20(31-3)24(14)32-4)23-17(13-33-26-23)15-8-9-19(30-2)18(11-15)25-21(27)6-5-7-22(28)29/h8-13H,5-7H2,1-4H3,(H,25,27)(H,28,29). The van der Waals surface area contributed by atoms with Crippen LogP contribution in [0.1, 0.15) is 24.8 Å². The Labute approximate surface area is 196 Å². The van der Waals surface area contributed by atoms with Crippen LogP contribution in [0.3, 0.4) is 0 Å². The van der Waals surface area contributed by atoms with Crippen LogP contribution in [-0.4, -0.2) is 42.7 Å². The molecule has 0 radical (unpaired) electrons. The fraction of sp³-hybridized carbons (Fsp3) is 0.292. The SMILES string of the molecule is COc1ccc(-c2csnc2-c2cc(C)c(OC)c(OC)c2)cc1NC(=O)CCCC(=O)O. The number of nitrogens with zero attached hydrogens (tertiary/aromatic N) is 1. The van der Waals surface area contributed by atoms with Crippen molar-refractivity contribution in [2.75, 3.05) is 26.6 Å². The summed E-state index contributed by atoms with van der Waals surface area (Å²) in [5.41, 5.74) is 4.86. The summed E-state index contributed by atoms with van der Waals surface area (Å²) in [5, 5.41) is 13.5. The quantitative estimate of drug-likeness (QED) is 0.429. The van der Waals surface area contributed by atoms with Gasteiger partial charge in [-0.15, -0.1) is 0 Å². The summed E-state index contributed by atoms with van der Waals surface area (Å²) >= 11 is 1.33. The van der Waals surface area contributed by atoms with Crippen LogP contribution < -0.4 is 19.5 Å². The fourth-order valence-electron chi connectivity index (χ4n) is 3.53. The number of aromatic nitrogens is 1. The molecule has 9 heteroatoms. The number of carbonyl (C=O) groups is 2. The molecule has 0 aliphatic carbocycles. The van der Waals surface area contributed by atoms with Gasteiger partial charge >= 0.3 is 5.97 Å². The number of hydrogen-bond donors (Lipinski definition) is 2. The second-order valence-electron chi connectivity index (χ2n) is 7.32. The Morgan fingerprint density at radius 1 is 1.00 bits per heavy atom. The Morgan fingerprint density at radius 2 is 1.76 bits per heavy atom. The number of ether oxygens (including phenoxy) is 3. The number of hydrogen-bond acceptors (Lipinski definition) is 7. The minimum atomic E-state index is -0.926. The third-order valence-electron chi connectivity index (χ3n) is 5.09. The number of rotatable bonds is 10. The average Bonchev–Trinajstić information content (AvgIpc) is 3.28. The van der Waals surface area contributed by atoms with Crippen molar-refractivity contribution in [3.05, 3.63) is 41.3 Å². The van der Waals surface area contributed by atoms with E-state index in [0.717, 1.165) is 27.9 Å². The van der Waals surface area contributed by atoms with Crippen LogP contribution >= 0.6 is 11.5 Å². The summed E-state index contributed by atoms with van der Waals surface area (Å²) in [5.74, 6) is 0.610. The maximum Gasteiger partial charge on any atom is 0.303 e. The lowest BCUT2D eigenvalue weighted by Crippen LogP contribution is -2.12. The first kappa shape index (κ1) is 24.1. The van der Waals surface area contributed by atoms with Crippen molar-refractivity contribution in [1.29, 1.82) is 0 Å². The van der Waals surface area contributed by atoms with Crippen LogP contribution in [0.4, 0.5) is 5.69 Å². The lowest BCUT2D eigenvalue weighted by atomic mass is 9.99. The van der Waals surface area contributed by atoms with Crippen molar-refractivity contribution >= 4 is 29.1 Å². The first-order chi connectivity index (χ1) is 15.9. The van der Waals surface area contributed by atoms with Crippen LogP contribution in [0.15, 0.2) is 35.7 Å². The fourth-order valence-corrected chi connectivity index (χ4v) is 4.24. The number of methoxy groups -OCH3 is 3. The van der Waals surface area contributed by atoms with Gasteiger partial charge in [0, 0.05) is 29.3 Å². The molecule has 1 aromatic heterocycles. The molecule has 33 heavy (non-hydrogen) atoms. The number of benzene rings is 2. The third kappa shape index (κ3) is 5.61. The van der Waals surface area contributed by atoms with Crippen molar-refractivity contribution in [1.82, 2.24) is 4.37 Å². The zero-order valence-corrected chi connectivity index (χ0v) is 19.7. The van der Waals surface area contributed by atoms with Gasteiger partial charge < -0.3 is 24.6 Å². The molecule has 0 aliphatic heterocycles. The Bertz CT molecular complexity index is 1160. The normalized spacial score (nSPS) is 10.5. The van der Waals surface area contributed by atoms with E-state index in [1.54, 1.807) is 20.3 Å². The van der Waals surface area contributed by atoms with E-state index in [1.165, 1.54) is 18.6 Å². The molecular weight excluding hydrogens is 444 g/mol. The molecule has 0 unspecified atom stereocenters. The number of carbonyl (C=O) groups excluding carboxylic acids is 1. The van der Waals surface area contributed by atoms with Gasteiger partial charge in [-0.3, -0.25) is 9.59 Å². The largest absolute Gasteiger partial charge is 0.495 e. The van der Waals surface area contributed by atoms with Crippen LogP contribution in [0.25, 0.3) is 22.4 Å². The molecule has 0 fully saturated rings. The van der Waals surface area contributed by atoms with Gasteiger partial charge in [0.05, 0.1) is 32.7 Å². The number of nitrogens with one attached hydrogen (secondary N) is 1. The Hall–Kier alpha value is -3.59. The zero-order chi connectivity index (χ0) is 24.0. The van der Waals surface area contributed by atoms with Crippen molar-refractivity contribution < 1.29 is 28.9 Å². The number of aliphatic carboxylic acids is 1. The van der Waals surface area contributed by atoms with Gasteiger partial charge in [-0.05, 0) is 60.3 Å². The molecule has 0 saturated heterocycles. The Morgan fingerprint density at radius 3 is 2.42 bits per heavy atom. The maximum atomic E-state index is 12.3. The topological polar surface area (TPSA) is 107 Å². The molecule has 0 bridgehead atoms. The highest BCUT2D eigenvalue weighted by atomic mass is 32.1. The predicted octanol–water partition coefficient (Wildman–Crippen LogP) is 5.00. The third-order valence-corrected chi connectivity index (χ3v) is 5.72. The number of aryl methyl sites for hydroxylation is 1. The Kier molecular flexibility index (Phi) is 7.89. The summed E-state index contributed by atoms with van der Waals surface area (Å²) in [6, 6.07) is 9.39. The van der Waals surface area contributed by atoms with E-state index in [1.807, 2.05) is 36.6 Å². The maximum absolute atomic E-state index is 12.3. The zero-order valence-electron chi connectivity index (χ0n) is 18.9. The molecular formula is C24H26N2O6S. The lowest BCUT2D eigenvalue weighted by molar-refractivity contribution is -0.137. The molecule has 8 nitrogen and oxygen atoms in total. The van der Waals surface area contributed by atoms with E-state index in [4.69, 9.17) is 19.3 Å². The highest BCUT2D eigenvalue weighted by molar-refractivity contribution is 7.04. The highest BCUT2D eigenvalue weighted by Gasteiger charge is 2.17. The molecule has 0 saturated carbocycles. The molecule has 174 valence electrons. The van der Waals surface area contributed by atoms with Crippen molar-refractivity contribution in [3.8, 4) is 39.6 Å². The summed E-state index contributed by atoms with van der Waals surface area (Å²) < 4.78 is 20.9. The molecule has 0 aliphatic rings. The number of carboxylic acids is 1. The molecule has 2 aromatic carbocycles. The average molecular weight is 471 g/mol. The van der Waals surface area contributed by atoms with Crippen LogP contribution in [-0.2, 0) is 9.59 Å². The van der Waals surface area contributed by atoms with Gasteiger partial charge in [-0.1, -0.05) is 6.07 Å². The van der Waals surface area contributed by atoms with Gasteiger partial charge in [0.15, 0.2) is 11.5 Å². The van der Waals surface area contributed by atoms with E-state index < -0.39 is 5.97 Å². The molecule has 3 aromatic rings. The van der Waals surface area contributed by atoms with Crippen LogP contribution in [0, 0.1) is 6.92 Å². The highest BCUT2D eigenvalue weighted by Crippen LogP contribution is 2.41. The number of carboxylic acid groups (broad SMARTS) is 1. The van der Waals surface area contributed by atoms with Crippen LogP contribution in [0.5, 0.6) is 17.2 Å². The Balaban J connectivity index is 1.94. The van der Waals surface area contributed by atoms with Crippen molar-refractivity contribution in [3.63, 3.8) is 0 Å². The van der Waals surface area contributed by atoms with E-state index >= 15 is 0 Å². The van der Waals surface area contributed by atoms with Gasteiger partial charge in [-0.25, -0.2) is 0 Å². The predicted molar refractivity (Wildman–Crippen MR) is 127 cm³/mol. The molecule has 0 spiro atoms. The molecule has 3 rings (SSSR count). The van der Waals surface area contributed by atoms with Gasteiger partial charge in [-0.2, -0.15) is 4.37 Å². The van der Waals surface area contributed by atoms with Crippen molar-refractivity contribution in [2.45, 2.75) is 26.2 Å². The van der Waals surface area contributed by atoms with E-state index in [2.05, 4.69) is 9.69 Å². The minimum Gasteiger partial charge on any atom is -0.495 e. The number of anilines is 1.